The average Bonchev–Trinajstić information content (AvgIpc) is 2.94. The largest absolute Gasteiger partial charge is 0.338 e. The van der Waals surface area contributed by atoms with Crippen LogP contribution in [0.1, 0.15) is 36.9 Å². The van der Waals surface area contributed by atoms with Crippen LogP contribution in [0.4, 0.5) is 0 Å². The Bertz CT molecular complexity index is 733. The van der Waals surface area contributed by atoms with E-state index in [1.165, 1.54) is 0 Å². The first-order chi connectivity index (χ1) is 10.3. The van der Waals surface area contributed by atoms with Crippen LogP contribution in [0.2, 0.25) is 0 Å². The highest BCUT2D eigenvalue weighted by atomic mass is 32.2. The van der Waals surface area contributed by atoms with E-state index in [2.05, 4.69) is 25.7 Å². The highest BCUT2D eigenvalue weighted by Gasteiger charge is 2.29. The highest BCUT2D eigenvalue weighted by Crippen LogP contribution is 2.40. The Labute approximate surface area is 128 Å². The monoisotopic (exact) mass is 320 g/mol. The molecule has 3 aromatic heterocycles. The molecule has 0 spiro atoms. The predicted octanol–water partition coefficient (Wildman–Crippen LogP) is 2.97. The maximum absolute atomic E-state index is 5.36. The van der Waals surface area contributed by atoms with Gasteiger partial charge in [-0.05, 0) is 41.6 Å². The number of rotatable bonds is 5. The normalized spacial score (nSPS) is 16.2. The standard InChI is InChI=1S/C12H12N6OS2/c1-7(21-12-14-16-17-18(12)8-4-5-8)11-13-10(15-19-11)9-3-2-6-20-9/h2-3,6-8H,4-5H2,1H3. The number of hydrogen-bond donors (Lipinski definition) is 0. The van der Waals surface area contributed by atoms with Crippen LogP contribution in [-0.4, -0.2) is 30.3 Å². The molecular formula is C12H12N6OS2. The third-order valence-corrected chi connectivity index (χ3v) is 5.07. The Kier molecular flexibility index (Phi) is 3.23. The quantitative estimate of drug-likeness (QED) is 0.668. The van der Waals surface area contributed by atoms with Gasteiger partial charge in [0.2, 0.25) is 16.9 Å². The molecule has 9 heteroatoms. The summed E-state index contributed by atoms with van der Waals surface area (Å²) in [4.78, 5) is 5.46. The van der Waals surface area contributed by atoms with Crippen molar-refractivity contribution in [2.45, 2.75) is 36.2 Å². The second kappa shape index (κ2) is 5.23. The van der Waals surface area contributed by atoms with E-state index >= 15 is 0 Å². The minimum atomic E-state index is 0.00899. The van der Waals surface area contributed by atoms with Gasteiger partial charge in [-0.2, -0.15) is 4.98 Å². The van der Waals surface area contributed by atoms with E-state index in [0.29, 0.717) is 17.8 Å². The molecule has 1 aliphatic rings. The van der Waals surface area contributed by atoms with Crippen molar-refractivity contribution in [2.24, 2.45) is 0 Å². The van der Waals surface area contributed by atoms with Gasteiger partial charge < -0.3 is 4.52 Å². The molecular weight excluding hydrogens is 308 g/mol. The molecule has 0 aliphatic heterocycles. The lowest BCUT2D eigenvalue weighted by atomic mass is 10.4. The second-order valence-electron chi connectivity index (χ2n) is 4.83. The molecule has 1 aliphatic carbocycles. The molecule has 7 nitrogen and oxygen atoms in total. The van der Waals surface area contributed by atoms with E-state index in [1.54, 1.807) is 23.1 Å². The van der Waals surface area contributed by atoms with Crippen LogP contribution in [-0.2, 0) is 0 Å². The van der Waals surface area contributed by atoms with Gasteiger partial charge in [0.1, 0.15) is 0 Å². The lowest BCUT2D eigenvalue weighted by molar-refractivity contribution is 0.380. The van der Waals surface area contributed by atoms with Crippen LogP contribution in [0.3, 0.4) is 0 Å². The minimum Gasteiger partial charge on any atom is -0.338 e. The van der Waals surface area contributed by atoms with Gasteiger partial charge in [0, 0.05) is 0 Å². The van der Waals surface area contributed by atoms with Crippen LogP contribution in [0, 0.1) is 0 Å². The summed E-state index contributed by atoms with van der Waals surface area (Å²) >= 11 is 3.14. The number of thiophene rings is 1. The Morgan fingerprint density at radius 3 is 3.14 bits per heavy atom. The molecule has 1 atom stereocenters. The molecule has 21 heavy (non-hydrogen) atoms. The van der Waals surface area contributed by atoms with Crippen molar-refractivity contribution in [2.75, 3.05) is 0 Å². The summed E-state index contributed by atoms with van der Waals surface area (Å²) in [6.45, 7) is 2.02. The third kappa shape index (κ3) is 2.58. The summed E-state index contributed by atoms with van der Waals surface area (Å²) < 4.78 is 7.25. The molecule has 0 amide bonds. The molecule has 0 saturated heterocycles. The van der Waals surface area contributed by atoms with Gasteiger partial charge in [-0.25, -0.2) is 4.68 Å². The van der Waals surface area contributed by atoms with Crippen molar-refractivity contribution in [3.8, 4) is 10.7 Å². The van der Waals surface area contributed by atoms with Crippen molar-refractivity contribution in [1.29, 1.82) is 0 Å². The first kappa shape index (κ1) is 13.0. The summed E-state index contributed by atoms with van der Waals surface area (Å²) in [5, 5.41) is 18.7. The number of hydrogen-bond acceptors (Lipinski definition) is 8. The maximum Gasteiger partial charge on any atom is 0.240 e. The Morgan fingerprint density at radius 1 is 1.48 bits per heavy atom. The SMILES string of the molecule is CC(Sc1nnnn1C1CC1)c1nc(-c2cccs2)no1. The van der Waals surface area contributed by atoms with E-state index in [-0.39, 0.29) is 5.25 Å². The Morgan fingerprint density at radius 2 is 2.38 bits per heavy atom. The van der Waals surface area contributed by atoms with Gasteiger partial charge in [0.25, 0.3) is 0 Å². The molecule has 0 bridgehead atoms. The van der Waals surface area contributed by atoms with Crippen molar-refractivity contribution < 1.29 is 4.52 Å². The van der Waals surface area contributed by atoms with E-state index in [1.807, 2.05) is 29.1 Å². The van der Waals surface area contributed by atoms with Crippen molar-refractivity contribution in [3.63, 3.8) is 0 Å². The zero-order valence-electron chi connectivity index (χ0n) is 11.2. The minimum absolute atomic E-state index is 0.00899. The number of nitrogens with zero attached hydrogens (tertiary/aromatic N) is 6. The van der Waals surface area contributed by atoms with E-state index < -0.39 is 0 Å². The van der Waals surface area contributed by atoms with Crippen LogP contribution < -0.4 is 0 Å². The van der Waals surface area contributed by atoms with Crippen LogP contribution >= 0.6 is 23.1 Å². The zero-order chi connectivity index (χ0) is 14.2. The lowest BCUT2D eigenvalue weighted by Crippen LogP contribution is -2.00. The highest BCUT2D eigenvalue weighted by molar-refractivity contribution is 7.99. The summed E-state index contributed by atoms with van der Waals surface area (Å²) in [7, 11) is 0. The van der Waals surface area contributed by atoms with Gasteiger partial charge in [-0.1, -0.05) is 23.0 Å². The van der Waals surface area contributed by atoms with Gasteiger partial charge in [0.15, 0.2) is 0 Å². The van der Waals surface area contributed by atoms with Crippen molar-refractivity contribution in [1.82, 2.24) is 30.3 Å². The van der Waals surface area contributed by atoms with Crippen LogP contribution in [0.15, 0.2) is 27.2 Å². The van der Waals surface area contributed by atoms with Crippen molar-refractivity contribution in [3.05, 3.63) is 23.4 Å². The van der Waals surface area contributed by atoms with Gasteiger partial charge >= 0.3 is 0 Å². The molecule has 1 fully saturated rings. The van der Waals surface area contributed by atoms with E-state index in [9.17, 15) is 0 Å². The molecule has 3 heterocycles. The fraction of sp³-hybridized carbons (Fsp3) is 0.417. The molecule has 3 aromatic rings. The van der Waals surface area contributed by atoms with E-state index in [4.69, 9.17) is 4.52 Å². The van der Waals surface area contributed by atoms with Gasteiger partial charge in [-0.3, -0.25) is 0 Å². The van der Waals surface area contributed by atoms with Crippen LogP contribution in [0.25, 0.3) is 10.7 Å². The fourth-order valence-electron chi connectivity index (χ4n) is 1.93. The summed E-state index contributed by atoms with van der Waals surface area (Å²) in [5.74, 6) is 1.22. The fourth-order valence-corrected chi connectivity index (χ4v) is 3.47. The molecule has 0 radical (unpaired) electrons. The molecule has 0 N–H and O–H groups in total. The predicted molar refractivity (Wildman–Crippen MR) is 78.0 cm³/mol. The summed E-state index contributed by atoms with van der Waals surface area (Å²) in [6, 6.07) is 4.40. The van der Waals surface area contributed by atoms with Gasteiger partial charge in [0.05, 0.1) is 16.2 Å². The zero-order valence-corrected chi connectivity index (χ0v) is 12.8. The Balaban J connectivity index is 1.52. The third-order valence-electron chi connectivity index (χ3n) is 3.17. The molecule has 108 valence electrons. The molecule has 1 saturated carbocycles. The van der Waals surface area contributed by atoms with Gasteiger partial charge in [-0.15, -0.1) is 16.4 Å². The van der Waals surface area contributed by atoms with Crippen molar-refractivity contribution >= 4 is 23.1 Å². The lowest BCUT2D eigenvalue weighted by Gasteiger charge is -2.05. The number of thioether (sulfide) groups is 1. The molecule has 0 aromatic carbocycles. The number of tetrazole rings is 1. The molecule has 1 unspecified atom stereocenters. The topological polar surface area (TPSA) is 82.5 Å². The van der Waals surface area contributed by atoms with Crippen LogP contribution in [0.5, 0.6) is 0 Å². The first-order valence-electron chi connectivity index (χ1n) is 6.63. The average molecular weight is 320 g/mol. The molecule has 4 rings (SSSR count). The maximum atomic E-state index is 5.36. The summed E-state index contributed by atoms with van der Waals surface area (Å²) in [5.41, 5.74) is 0. The summed E-state index contributed by atoms with van der Waals surface area (Å²) in [6.07, 6.45) is 2.30. The Hall–Kier alpha value is -1.74. The smallest absolute Gasteiger partial charge is 0.240 e. The van der Waals surface area contributed by atoms with E-state index in [0.717, 1.165) is 22.9 Å². The second-order valence-corrected chi connectivity index (χ2v) is 7.09. The first-order valence-corrected chi connectivity index (χ1v) is 8.39. The number of aromatic nitrogens is 6.